The highest BCUT2D eigenvalue weighted by atomic mass is 32.1. The molecule has 1 aliphatic heterocycles. The van der Waals surface area contributed by atoms with Gasteiger partial charge >= 0.3 is 0 Å². The monoisotopic (exact) mass is 447 g/mol. The van der Waals surface area contributed by atoms with Crippen LogP contribution in [0.25, 0.3) is 10.6 Å². The highest BCUT2D eigenvalue weighted by molar-refractivity contribution is 7.17. The second-order valence-electron chi connectivity index (χ2n) is 7.78. The lowest BCUT2D eigenvalue weighted by Crippen LogP contribution is -2.39. The summed E-state index contributed by atoms with van der Waals surface area (Å²) in [6.45, 7) is 7.07. The molecule has 2 heterocycles. The molecule has 0 spiro atoms. The number of nitrogens with one attached hydrogen (secondary N) is 1. The van der Waals surface area contributed by atoms with Crippen LogP contribution in [0, 0.1) is 18.7 Å². The van der Waals surface area contributed by atoms with Crippen LogP contribution >= 0.6 is 11.3 Å². The average molecular weight is 448 g/mol. The molecule has 1 fully saturated rings. The van der Waals surface area contributed by atoms with Gasteiger partial charge in [-0.1, -0.05) is 0 Å². The number of nitrogens with zero attached hydrogens (tertiary/aromatic N) is 2. The summed E-state index contributed by atoms with van der Waals surface area (Å²) < 4.78 is 18.4. The van der Waals surface area contributed by atoms with Crippen LogP contribution < -0.4 is 5.32 Å². The minimum Gasteiger partial charge on any atom is -0.382 e. The van der Waals surface area contributed by atoms with Crippen LogP contribution in [0.1, 0.15) is 48.0 Å². The molecule has 1 aliphatic rings. The third kappa shape index (κ3) is 6.58. The SMILES string of the molecule is CCOCCCNC(=O)CC1CCN(C(=O)c2sc(-c3ccc(F)cc3)nc2C)CC1. The molecule has 0 aliphatic carbocycles. The zero-order valence-electron chi connectivity index (χ0n) is 18.2. The summed E-state index contributed by atoms with van der Waals surface area (Å²) in [7, 11) is 0. The number of hydrogen-bond donors (Lipinski definition) is 1. The maximum atomic E-state index is 13.2. The van der Waals surface area contributed by atoms with Gasteiger partial charge in [0.15, 0.2) is 0 Å². The van der Waals surface area contributed by atoms with Crippen LogP contribution in [-0.2, 0) is 9.53 Å². The number of rotatable bonds is 9. The Kier molecular flexibility index (Phi) is 8.54. The third-order valence-electron chi connectivity index (χ3n) is 5.45. The molecule has 0 unspecified atom stereocenters. The molecule has 1 saturated heterocycles. The third-order valence-corrected chi connectivity index (χ3v) is 6.64. The quantitative estimate of drug-likeness (QED) is 0.589. The molecule has 0 saturated carbocycles. The Morgan fingerprint density at radius 1 is 1.26 bits per heavy atom. The van der Waals surface area contributed by atoms with E-state index in [-0.39, 0.29) is 17.6 Å². The molecule has 2 amide bonds. The molecule has 8 heteroatoms. The summed E-state index contributed by atoms with van der Waals surface area (Å²) in [6, 6.07) is 6.14. The topological polar surface area (TPSA) is 71.5 Å². The summed E-state index contributed by atoms with van der Waals surface area (Å²) in [4.78, 5) is 32.1. The van der Waals surface area contributed by atoms with Gasteiger partial charge in [-0.15, -0.1) is 11.3 Å². The number of hydrogen-bond acceptors (Lipinski definition) is 5. The first kappa shape index (κ1) is 23.3. The van der Waals surface area contributed by atoms with Gasteiger partial charge in [0.1, 0.15) is 15.7 Å². The fourth-order valence-corrected chi connectivity index (χ4v) is 4.71. The van der Waals surface area contributed by atoms with E-state index < -0.39 is 0 Å². The fraction of sp³-hybridized carbons (Fsp3) is 0.522. The summed E-state index contributed by atoms with van der Waals surface area (Å²) in [6.07, 6.45) is 2.97. The Balaban J connectivity index is 1.48. The molecule has 168 valence electrons. The summed E-state index contributed by atoms with van der Waals surface area (Å²) in [5, 5.41) is 3.67. The molecular weight excluding hydrogens is 417 g/mol. The van der Waals surface area contributed by atoms with E-state index in [0.717, 1.165) is 29.8 Å². The second kappa shape index (κ2) is 11.3. The molecule has 1 aromatic carbocycles. The maximum Gasteiger partial charge on any atom is 0.265 e. The van der Waals surface area contributed by atoms with Crippen molar-refractivity contribution in [2.45, 2.75) is 39.5 Å². The van der Waals surface area contributed by atoms with Gasteiger partial charge in [-0.2, -0.15) is 0 Å². The second-order valence-corrected chi connectivity index (χ2v) is 8.78. The van der Waals surface area contributed by atoms with Crippen molar-refractivity contribution in [3.63, 3.8) is 0 Å². The van der Waals surface area contributed by atoms with Gasteiger partial charge in [-0.3, -0.25) is 9.59 Å². The van der Waals surface area contributed by atoms with E-state index in [0.29, 0.717) is 55.8 Å². The molecule has 6 nitrogen and oxygen atoms in total. The van der Waals surface area contributed by atoms with Gasteiger partial charge in [0.05, 0.1) is 5.69 Å². The largest absolute Gasteiger partial charge is 0.382 e. The van der Waals surface area contributed by atoms with Crippen LogP contribution in [0.3, 0.4) is 0 Å². The maximum absolute atomic E-state index is 13.2. The van der Waals surface area contributed by atoms with Crippen molar-refractivity contribution in [2.75, 3.05) is 32.8 Å². The number of halogens is 1. The predicted octanol–water partition coefficient (Wildman–Crippen LogP) is 4.04. The molecular formula is C23H30FN3O3S. The van der Waals surface area contributed by atoms with E-state index in [9.17, 15) is 14.0 Å². The van der Waals surface area contributed by atoms with Gasteiger partial charge in [0.25, 0.3) is 5.91 Å². The highest BCUT2D eigenvalue weighted by Crippen LogP contribution is 2.30. The molecule has 1 aromatic heterocycles. The number of aromatic nitrogens is 1. The first-order valence-corrected chi connectivity index (χ1v) is 11.7. The minimum absolute atomic E-state index is 0.0119. The number of amides is 2. The Labute approximate surface area is 186 Å². The van der Waals surface area contributed by atoms with Gasteiger partial charge in [0.2, 0.25) is 5.91 Å². The molecule has 2 aromatic rings. The zero-order valence-corrected chi connectivity index (χ0v) is 19.0. The number of aryl methyl sites for hydroxylation is 1. The Hall–Kier alpha value is -2.32. The molecule has 1 N–H and O–H groups in total. The van der Waals surface area contributed by atoms with Crippen molar-refractivity contribution in [1.29, 1.82) is 0 Å². The number of thiazole rings is 1. The van der Waals surface area contributed by atoms with Crippen LogP contribution in [0.2, 0.25) is 0 Å². The van der Waals surface area contributed by atoms with Crippen molar-refractivity contribution in [3.8, 4) is 10.6 Å². The summed E-state index contributed by atoms with van der Waals surface area (Å²) >= 11 is 1.35. The molecule has 0 bridgehead atoms. The van der Waals surface area contributed by atoms with Crippen molar-refractivity contribution in [3.05, 3.63) is 40.7 Å². The first-order chi connectivity index (χ1) is 15.0. The highest BCUT2D eigenvalue weighted by Gasteiger charge is 2.27. The molecule has 0 atom stereocenters. The van der Waals surface area contributed by atoms with Gasteiger partial charge in [-0.25, -0.2) is 9.37 Å². The lowest BCUT2D eigenvalue weighted by molar-refractivity contribution is -0.122. The van der Waals surface area contributed by atoms with E-state index in [1.807, 2.05) is 18.7 Å². The van der Waals surface area contributed by atoms with E-state index in [2.05, 4.69) is 10.3 Å². The van der Waals surface area contributed by atoms with E-state index >= 15 is 0 Å². The minimum atomic E-state index is -0.296. The predicted molar refractivity (Wildman–Crippen MR) is 120 cm³/mol. The number of likely N-dealkylation sites (tertiary alicyclic amines) is 1. The van der Waals surface area contributed by atoms with Crippen molar-refractivity contribution in [1.82, 2.24) is 15.2 Å². The van der Waals surface area contributed by atoms with E-state index in [1.165, 1.54) is 23.5 Å². The fourth-order valence-electron chi connectivity index (χ4n) is 3.68. The Bertz CT molecular complexity index is 877. The average Bonchev–Trinajstić information content (AvgIpc) is 3.15. The molecule has 31 heavy (non-hydrogen) atoms. The Morgan fingerprint density at radius 3 is 2.65 bits per heavy atom. The number of carbonyl (C=O) groups is 2. The number of piperidine rings is 1. The Morgan fingerprint density at radius 2 is 1.97 bits per heavy atom. The number of ether oxygens (including phenoxy) is 1. The van der Waals surface area contributed by atoms with Crippen LogP contribution in [0.15, 0.2) is 24.3 Å². The van der Waals surface area contributed by atoms with E-state index in [4.69, 9.17) is 4.74 Å². The van der Waals surface area contributed by atoms with Gasteiger partial charge < -0.3 is 15.0 Å². The molecule has 0 radical (unpaired) electrons. The van der Waals surface area contributed by atoms with Crippen LogP contribution in [-0.4, -0.2) is 54.5 Å². The van der Waals surface area contributed by atoms with E-state index in [1.54, 1.807) is 12.1 Å². The van der Waals surface area contributed by atoms with Crippen molar-refractivity contribution in [2.24, 2.45) is 5.92 Å². The summed E-state index contributed by atoms with van der Waals surface area (Å²) in [5.41, 5.74) is 1.50. The standard InChI is InChI=1S/C23H30FN3O3S/c1-3-30-14-4-11-25-20(28)15-17-9-12-27(13-10-17)23(29)21-16(2)26-22(31-21)18-5-7-19(24)8-6-18/h5-8,17H,3-4,9-15H2,1-2H3,(H,25,28). The smallest absolute Gasteiger partial charge is 0.265 e. The van der Waals surface area contributed by atoms with Gasteiger partial charge in [0, 0.05) is 44.8 Å². The number of carbonyl (C=O) groups excluding carboxylic acids is 2. The summed E-state index contributed by atoms with van der Waals surface area (Å²) in [5.74, 6) is 0.0642. The molecule has 3 rings (SSSR count). The van der Waals surface area contributed by atoms with Crippen molar-refractivity contribution >= 4 is 23.2 Å². The van der Waals surface area contributed by atoms with Crippen molar-refractivity contribution < 1.29 is 18.7 Å². The number of benzene rings is 1. The van der Waals surface area contributed by atoms with Gasteiger partial charge in [-0.05, 0) is 63.3 Å². The zero-order chi connectivity index (χ0) is 22.2. The van der Waals surface area contributed by atoms with Crippen LogP contribution in [0.4, 0.5) is 4.39 Å². The normalized spacial score (nSPS) is 14.6. The first-order valence-electron chi connectivity index (χ1n) is 10.8. The van der Waals surface area contributed by atoms with Crippen LogP contribution in [0.5, 0.6) is 0 Å². The lowest BCUT2D eigenvalue weighted by atomic mass is 9.93. The lowest BCUT2D eigenvalue weighted by Gasteiger charge is -2.31.